The van der Waals surface area contributed by atoms with Gasteiger partial charge in [0.05, 0.1) is 23.3 Å². The van der Waals surface area contributed by atoms with Gasteiger partial charge in [-0.2, -0.15) is 0 Å². The van der Waals surface area contributed by atoms with Crippen molar-refractivity contribution in [2.75, 3.05) is 11.9 Å². The van der Waals surface area contributed by atoms with Gasteiger partial charge in [-0.1, -0.05) is 60.7 Å². The summed E-state index contributed by atoms with van der Waals surface area (Å²) < 4.78 is 15.0. The predicted octanol–water partition coefficient (Wildman–Crippen LogP) is 5.94. The van der Waals surface area contributed by atoms with Crippen LogP contribution in [0.5, 0.6) is 0 Å². The van der Waals surface area contributed by atoms with Crippen LogP contribution in [-0.4, -0.2) is 16.6 Å². The second kappa shape index (κ2) is 8.71. The minimum atomic E-state index is -0.296. The molecule has 0 aliphatic heterocycles. The fraction of sp³-hybridized carbons (Fsp3) is 0.0714. The van der Waals surface area contributed by atoms with E-state index < -0.39 is 0 Å². The summed E-state index contributed by atoms with van der Waals surface area (Å²) in [6.45, 7) is 0. The van der Waals surface area contributed by atoms with E-state index in [0.717, 1.165) is 22.5 Å². The van der Waals surface area contributed by atoms with E-state index in [0.29, 0.717) is 10.9 Å². The molecular formula is C28H22FN3O. The lowest BCUT2D eigenvalue weighted by Crippen LogP contribution is -2.27. The Morgan fingerprint density at radius 1 is 0.788 bits per heavy atom. The zero-order valence-corrected chi connectivity index (χ0v) is 18.1. The molecule has 0 bridgehead atoms. The number of fused-ring (bicyclic) bond motifs is 1. The summed E-state index contributed by atoms with van der Waals surface area (Å²) in [7, 11) is 1.89. The van der Waals surface area contributed by atoms with Crippen LogP contribution in [0.3, 0.4) is 0 Å². The summed E-state index contributed by atoms with van der Waals surface area (Å²) in [5.74, 6) is -0.286. The highest BCUT2D eigenvalue weighted by Gasteiger charge is 2.19. The fourth-order valence-electron chi connectivity index (χ4n) is 4.11. The van der Waals surface area contributed by atoms with E-state index >= 15 is 0 Å². The number of hydrogen-bond acceptors (Lipinski definition) is 3. The third-order valence-electron chi connectivity index (χ3n) is 5.88. The van der Waals surface area contributed by atoms with Gasteiger partial charge in [0.25, 0.3) is 5.56 Å². The first-order valence-electron chi connectivity index (χ1n) is 10.7. The molecule has 0 radical (unpaired) electrons. The molecular weight excluding hydrogens is 413 g/mol. The maximum absolute atomic E-state index is 13.7. The van der Waals surface area contributed by atoms with Gasteiger partial charge < -0.3 is 4.90 Å². The first-order valence-corrected chi connectivity index (χ1v) is 10.7. The summed E-state index contributed by atoms with van der Waals surface area (Å²) in [5.41, 5.74) is 4.17. The van der Waals surface area contributed by atoms with E-state index in [9.17, 15) is 9.18 Å². The van der Waals surface area contributed by atoms with Gasteiger partial charge in [0.2, 0.25) is 0 Å². The molecule has 0 N–H and O–H groups in total. The maximum atomic E-state index is 13.7. The average Bonchev–Trinajstić information content (AvgIpc) is 2.87. The van der Waals surface area contributed by atoms with Crippen LogP contribution >= 0.6 is 0 Å². The van der Waals surface area contributed by atoms with Gasteiger partial charge in [0.15, 0.2) is 0 Å². The smallest absolute Gasteiger partial charge is 0.262 e. The summed E-state index contributed by atoms with van der Waals surface area (Å²) >= 11 is 0. The van der Waals surface area contributed by atoms with Crippen molar-refractivity contribution in [3.05, 3.63) is 137 Å². The Labute approximate surface area is 191 Å². The van der Waals surface area contributed by atoms with Crippen molar-refractivity contribution in [1.29, 1.82) is 0 Å². The highest BCUT2D eigenvalue weighted by molar-refractivity contribution is 5.83. The predicted molar refractivity (Wildman–Crippen MR) is 131 cm³/mol. The maximum Gasteiger partial charge on any atom is 0.262 e. The highest BCUT2D eigenvalue weighted by atomic mass is 19.1. The number of benzene rings is 4. The minimum absolute atomic E-state index is 0.118. The number of nitrogens with zero attached hydrogens (tertiary/aromatic N) is 3. The van der Waals surface area contributed by atoms with E-state index in [1.54, 1.807) is 23.0 Å². The first kappa shape index (κ1) is 20.6. The van der Waals surface area contributed by atoms with Crippen LogP contribution in [0, 0.1) is 5.82 Å². The lowest BCUT2D eigenvalue weighted by Gasteiger charge is -2.22. The van der Waals surface area contributed by atoms with Crippen LogP contribution in [0.4, 0.5) is 15.8 Å². The van der Waals surface area contributed by atoms with E-state index in [4.69, 9.17) is 0 Å². The first-order chi connectivity index (χ1) is 16.1. The summed E-state index contributed by atoms with van der Waals surface area (Å²) in [4.78, 5) is 20.2. The SMILES string of the molecule is CN(c1ccc(F)cc1)c1ccc2ncn(C(c3ccccc3)c3ccccc3)c(=O)c2c1. The van der Waals surface area contributed by atoms with Gasteiger partial charge in [-0.05, 0) is 53.6 Å². The van der Waals surface area contributed by atoms with Crippen LogP contribution < -0.4 is 10.5 Å². The molecule has 4 aromatic carbocycles. The molecule has 0 spiro atoms. The Morgan fingerprint density at radius 2 is 1.36 bits per heavy atom. The van der Waals surface area contributed by atoms with Crippen LogP contribution in [0.2, 0.25) is 0 Å². The Balaban J connectivity index is 1.65. The molecule has 1 aromatic heterocycles. The minimum Gasteiger partial charge on any atom is -0.345 e. The molecule has 4 nitrogen and oxygen atoms in total. The lowest BCUT2D eigenvalue weighted by atomic mass is 9.98. The summed E-state index contributed by atoms with van der Waals surface area (Å²) in [6.07, 6.45) is 1.62. The van der Waals surface area contributed by atoms with E-state index in [-0.39, 0.29) is 17.4 Å². The molecule has 33 heavy (non-hydrogen) atoms. The number of halogens is 1. The monoisotopic (exact) mass is 435 g/mol. The van der Waals surface area contributed by atoms with Gasteiger partial charge >= 0.3 is 0 Å². The average molecular weight is 436 g/mol. The Bertz CT molecular complexity index is 1410. The molecule has 0 saturated heterocycles. The molecule has 0 atom stereocenters. The number of hydrogen-bond donors (Lipinski definition) is 0. The molecule has 0 aliphatic rings. The van der Waals surface area contributed by atoms with Crippen molar-refractivity contribution in [1.82, 2.24) is 9.55 Å². The van der Waals surface area contributed by atoms with Crippen LogP contribution in [0.15, 0.2) is 114 Å². The lowest BCUT2D eigenvalue weighted by molar-refractivity contribution is 0.628. The molecule has 5 heteroatoms. The van der Waals surface area contributed by atoms with Gasteiger partial charge in [-0.3, -0.25) is 9.36 Å². The number of aromatic nitrogens is 2. The van der Waals surface area contributed by atoms with Gasteiger partial charge in [-0.15, -0.1) is 0 Å². The van der Waals surface area contributed by atoms with Gasteiger partial charge in [0.1, 0.15) is 5.82 Å². The molecule has 1 heterocycles. The van der Waals surface area contributed by atoms with E-state index in [1.165, 1.54) is 12.1 Å². The molecule has 0 saturated carbocycles. The summed E-state index contributed by atoms with van der Waals surface area (Å²) in [6, 6.07) is 31.5. The van der Waals surface area contributed by atoms with E-state index in [2.05, 4.69) is 4.98 Å². The van der Waals surface area contributed by atoms with Crippen LogP contribution in [0.1, 0.15) is 17.2 Å². The summed E-state index contributed by atoms with van der Waals surface area (Å²) in [5, 5.41) is 0.529. The Morgan fingerprint density at radius 3 is 1.97 bits per heavy atom. The van der Waals surface area contributed by atoms with Crippen LogP contribution in [0.25, 0.3) is 10.9 Å². The number of anilines is 2. The van der Waals surface area contributed by atoms with Crippen LogP contribution in [-0.2, 0) is 0 Å². The zero-order valence-electron chi connectivity index (χ0n) is 18.1. The molecule has 0 fully saturated rings. The Hall–Kier alpha value is -4.25. The third-order valence-corrected chi connectivity index (χ3v) is 5.88. The van der Waals surface area contributed by atoms with Crippen molar-refractivity contribution < 1.29 is 4.39 Å². The third kappa shape index (κ3) is 4.01. The van der Waals surface area contributed by atoms with Crippen molar-refractivity contribution in [3.8, 4) is 0 Å². The standard InChI is InChI=1S/C28H22FN3O/c1-31(23-14-12-22(29)13-15-23)24-16-17-26-25(18-24)28(33)32(19-30-26)27(20-8-4-2-5-9-20)21-10-6-3-7-11-21/h2-19,27H,1H3. The molecule has 5 rings (SSSR count). The second-order valence-corrected chi connectivity index (χ2v) is 7.92. The van der Waals surface area contributed by atoms with E-state index in [1.807, 2.05) is 90.8 Å². The van der Waals surface area contributed by atoms with Crippen molar-refractivity contribution in [2.24, 2.45) is 0 Å². The topological polar surface area (TPSA) is 38.1 Å². The van der Waals surface area contributed by atoms with Crippen molar-refractivity contribution in [2.45, 2.75) is 6.04 Å². The largest absolute Gasteiger partial charge is 0.345 e. The fourth-order valence-corrected chi connectivity index (χ4v) is 4.11. The molecule has 0 aliphatic carbocycles. The zero-order chi connectivity index (χ0) is 22.8. The van der Waals surface area contributed by atoms with Gasteiger partial charge in [0, 0.05) is 18.4 Å². The molecule has 0 unspecified atom stereocenters. The van der Waals surface area contributed by atoms with Crippen molar-refractivity contribution >= 4 is 22.3 Å². The normalized spacial score (nSPS) is 11.1. The molecule has 5 aromatic rings. The quantitative estimate of drug-likeness (QED) is 0.343. The van der Waals surface area contributed by atoms with Gasteiger partial charge in [-0.25, -0.2) is 9.37 Å². The highest BCUT2D eigenvalue weighted by Crippen LogP contribution is 2.28. The second-order valence-electron chi connectivity index (χ2n) is 7.92. The molecule has 0 amide bonds. The molecule has 162 valence electrons. The number of rotatable bonds is 5. The Kier molecular flexibility index (Phi) is 5.45. The van der Waals surface area contributed by atoms with Crippen molar-refractivity contribution in [3.63, 3.8) is 0 Å².